The second-order valence-corrected chi connectivity index (χ2v) is 14.1. The van der Waals surface area contributed by atoms with Gasteiger partial charge in [0.25, 0.3) is 5.91 Å². The van der Waals surface area contributed by atoms with Crippen molar-refractivity contribution in [2.75, 3.05) is 39.9 Å². The molecule has 3 rings (SSSR count). The molecular weight excluding hydrogens is 628 g/mol. The SMILES string of the molecule is CCOC(=O)CN1C(=O)CN([C@H](C(=O)N[C@@H](Cc2ccccc2)[C@H](O)CN(CC(C)C)S(=O)(=O)c2ccc(OC)cc2)C(C)C)C1=O. The Hall–Kier alpha value is -4.01. The van der Waals surface area contributed by atoms with E-state index in [-0.39, 0.29) is 36.9 Å². The van der Waals surface area contributed by atoms with Gasteiger partial charge in [0.15, 0.2) is 0 Å². The summed E-state index contributed by atoms with van der Waals surface area (Å²) >= 11 is 0. The van der Waals surface area contributed by atoms with Crippen LogP contribution in [0, 0.1) is 11.8 Å². The number of nitrogens with one attached hydrogen (secondary N) is 1. The van der Waals surface area contributed by atoms with Crippen molar-refractivity contribution in [3.63, 3.8) is 0 Å². The summed E-state index contributed by atoms with van der Waals surface area (Å²) in [5.41, 5.74) is 0.777. The molecule has 4 amide bonds. The van der Waals surface area contributed by atoms with E-state index in [0.29, 0.717) is 5.75 Å². The van der Waals surface area contributed by atoms with Gasteiger partial charge < -0.3 is 24.8 Å². The van der Waals surface area contributed by atoms with Gasteiger partial charge in [-0.05, 0) is 55.0 Å². The van der Waals surface area contributed by atoms with E-state index in [2.05, 4.69) is 5.32 Å². The monoisotopic (exact) mass is 674 g/mol. The molecule has 13 nitrogen and oxygen atoms in total. The van der Waals surface area contributed by atoms with Gasteiger partial charge in [-0.25, -0.2) is 13.2 Å². The number of imide groups is 1. The lowest BCUT2D eigenvalue weighted by Gasteiger charge is -2.34. The van der Waals surface area contributed by atoms with Gasteiger partial charge in [-0.1, -0.05) is 58.0 Å². The van der Waals surface area contributed by atoms with Gasteiger partial charge in [-0.15, -0.1) is 0 Å². The number of nitrogens with zero attached hydrogens (tertiary/aromatic N) is 3. The number of carbonyl (C=O) groups excluding carboxylic acids is 4. The Morgan fingerprint density at radius 3 is 2.19 bits per heavy atom. The summed E-state index contributed by atoms with van der Waals surface area (Å²) in [4.78, 5) is 53.8. The number of amides is 4. The van der Waals surface area contributed by atoms with E-state index >= 15 is 0 Å². The maximum Gasteiger partial charge on any atom is 0.328 e. The first-order valence-corrected chi connectivity index (χ1v) is 17.1. The molecule has 0 radical (unpaired) electrons. The third-order valence-electron chi connectivity index (χ3n) is 7.66. The molecule has 1 aliphatic rings. The van der Waals surface area contributed by atoms with Crippen LogP contribution in [0.2, 0.25) is 0 Å². The maximum absolute atomic E-state index is 13.9. The number of aliphatic hydroxyl groups is 1. The molecule has 0 aromatic heterocycles. The van der Waals surface area contributed by atoms with Crippen LogP contribution in [-0.4, -0.2) is 110 Å². The molecule has 1 fully saturated rings. The van der Waals surface area contributed by atoms with Gasteiger partial charge in [-0.2, -0.15) is 4.31 Å². The van der Waals surface area contributed by atoms with Crippen molar-refractivity contribution in [1.82, 2.24) is 19.4 Å². The number of rotatable bonds is 17. The standard InChI is InChI=1S/C33H46N4O9S/c1-7-46-30(40)21-36-29(39)20-37(33(36)42)31(23(4)5)32(41)34-27(17-24-11-9-8-10-12-24)28(38)19-35(18-22(2)3)47(43,44)26-15-13-25(45-6)14-16-26/h8-16,22-23,27-28,31,38H,7,17-21H2,1-6H3,(H,34,41)/t27-,28+,31-/m0/s1. The number of ether oxygens (including phenoxy) is 2. The Bertz CT molecular complexity index is 1480. The Balaban J connectivity index is 1.90. The fraction of sp³-hybridized carbons (Fsp3) is 0.515. The van der Waals surface area contributed by atoms with Crippen LogP contribution < -0.4 is 10.1 Å². The van der Waals surface area contributed by atoms with Crippen LogP contribution in [0.5, 0.6) is 5.75 Å². The average molecular weight is 675 g/mol. The molecule has 258 valence electrons. The van der Waals surface area contributed by atoms with Crippen LogP contribution >= 0.6 is 0 Å². The van der Waals surface area contributed by atoms with Gasteiger partial charge in [0.1, 0.15) is 24.9 Å². The molecule has 1 aliphatic heterocycles. The van der Waals surface area contributed by atoms with Gasteiger partial charge in [0.05, 0.1) is 30.8 Å². The normalized spacial score (nSPS) is 15.7. The molecule has 14 heteroatoms. The molecule has 3 atom stereocenters. The van der Waals surface area contributed by atoms with Crippen molar-refractivity contribution >= 4 is 33.8 Å². The summed E-state index contributed by atoms with van der Waals surface area (Å²) in [5.74, 6) is -2.08. The first-order valence-electron chi connectivity index (χ1n) is 15.6. The van der Waals surface area contributed by atoms with Crippen molar-refractivity contribution in [2.45, 2.75) is 64.1 Å². The number of esters is 1. The smallest absolute Gasteiger partial charge is 0.328 e. The van der Waals surface area contributed by atoms with Gasteiger partial charge in [-0.3, -0.25) is 19.3 Å². The number of aliphatic hydroxyl groups excluding tert-OH is 1. The molecule has 0 unspecified atom stereocenters. The highest BCUT2D eigenvalue weighted by Gasteiger charge is 2.45. The lowest BCUT2D eigenvalue weighted by atomic mass is 9.97. The number of sulfonamides is 1. The third-order valence-corrected chi connectivity index (χ3v) is 9.50. The number of methoxy groups -OCH3 is 1. The van der Waals surface area contributed by atoms with E-state index in [4.69, 9.17) is 9.47 Å². The van der Waals surface area contributed by atoms with Gasteiger partial charge >= 0.3 is 12.0 Å². The zero-order valence-corrected chi connectivity index (χ0v) is 28.6. The van der Waals surface area contributed by atoms with E-state index in [1.807, 2.05) is 44.2 Å². The van der Waals surface area contributed by atoms with Crippen molar-refractivity contribution in [3.8, 4) is 5.75 Å². The minimum Gasteiger partial charge on any atom is -0.497 e. The molecule has 2 aromatic rings. The number of urea groups is 1. The molecule has 0 saturated carbocycles. The zero-order valence-electron chi connectivity index (χ0n) is 27.8. The lowest BCUT2D eigenvalue weighted by molar-refractivity contribution is -0.146. The Kier molecular flexibility index (Phi) is 13.3. The van der Waals surface area contributed by atoms with Crippen molar-refractivity contribution < 1.29 is 42.2 Å². The summed E-state index contributed by atoms with van der Waals surface area (Å²) in [6, 6.07) is 12.1. The summed E-state index contributed by atoms with van der Waals surface area (Å²) in [6.07, 6.45) is -1.21. The second-order valence-electron chi connectivity index (χ2n) is 12.1. The number of carbonyl (C=O) groups is 4. The molecule has 1 heterocycles. The second kappa shape index (κ2) is 16.7. The fourth-order valence-corrected chi connectivity index (χ4v) is 7.03. The van der Waals surface area contributed by atoms with Crippen LogP contribution in [0.4, 0.5) is 4.79 Å². The first kappa shape index (κ1) is 37.4. The summed E-state index contributed by atoms with van der Waals surface area (Å²) in [6.45, 7) is 7.62. The predicted octanol–water partition coefficient (Wildman–Crippen LogP) is 2.28. The first-order chi connectivity index (χ1) is 22.2. The fourth-order valence-electron chi connectivity index (χ4n) is 5.40. The highest BCUT2D eigenvalue weighted by Crippen LogP contribution is 2.23. The van der Waals surface area contributed by atoms with Gasteiger partial charge in [0, 0.05) is 13.1 Å². The molecule has 47 heavy (non-hydrogen) atoms. The molecule has 1 saturated heterocycles. The number of hydrogen-bond donors (Lipinski definition) is 2. The van der Waals surface area contributed by atoms with E-state index in [1.54, 1.807) is 32.9 Å². The Morgan fingerprint density at radius 1 is 1.00 bits per heavy atom. The maximum atomic E-state index is 13.9. The van der Waals surface area contributed by atoms with Crippen molar-refractivity contribution in [2.24, 2.45) is 11.8 Å². The van der Waals surface area contributed by atoms with Crippen LogP contribution in [-0.2, 0) is 35.6 Å². The van der Waals surface area contributed by atoms with E-state index in [1.165, 1.54) is 23.5 Å². The topological polar surface area (TPSA) is 163 Å². The highest BCUT2D eigenvalue weighted by molar-refractivity contribution is 7.89. The minimum atomic E-state index is -4.06. The minimum absolute atomic E-state index is 0.0271. The van der Waals surface area contributed by atoms with Crippen molar-refractivity contribution in [3.05, 3.63) is 60.2 Å². The molecule has 0 bridgehead atoms. The van der Waals surface area contributed by atoms with E-state index in [9.17, 15) is 32.7 Å². The third kappa shape index (κ3) is 9.75. The van der Waals surface area contributed by atoms with Crippen molar-refractivity contribution in [1.29, 1.82) is 0 Å². The molecule has 0 spiro atoms. The molecule has 2 aromatic carbocycles. The van der Waals surface area contributed by atoms with Gasteiger partial charge in [0.2, 0.25) is 15.9 Å². The summed E-state index contributed by atoms with van der Waals surface area (Å²) in [5, 5.41) is 14.5. The lowest BCUT2D eigenvalue weighted by Crippen LogP contribution is -2.57. The quantitative estimate of drug-likeness (QED) is 0.189. The largest absolute Gasteiger partial charge is 0.497 e. The van der Waals surface area contributed by atoms with E-state index < -0.39 is 71.0 Å². The van der Waals surface area contributed by atoms with E-state index in [0.717, 1.165) is 15.4 Å². The average Bonchev–Trinajstić information content (AvgIpc) is 3.28. The Labute approximate surface area is 276 Å². The van der Waals surface area contributed by atoms with Crippen LogP contribution in [0.15, 0.2) is 59.5 Å². The number of hydrogen-bond acceptors (Lipinski definition) is 9. The summed E-state index contributed by atoms with van der Waals surface area (Å²) in [7, 11) is -2.58. The summed E-state index contributed by atoms with van der Waals surface area (Å²) < 4.78 is 38.8. The molecule has 2 N–H and O–H groups in total. The molecule has 0 aliphatic carbocycles. The van der Waals surface area contributed by atoms with Crippen LogP contribution in [0.1, 0.15) is 40.2 Å². The zero-order chi connectivity index (χ0) is 34.9. The number of benzene rings is 2. The Morgan fingerprint density at radius 2 is 1.64 bits per heavy atom. The molecular formula is C33H46N4O9S. The predicted molar refractivity (Wildman–Crippen MR) is 174 cm³/mol. The highest BCUT2D eigenvalue weighted by atomic mass is 32.2. The van der Waals surface area contributed by atoms with Crippen LogP contribution in [0.25, 0.3) is 0 Å². The van der Waals surface area contributed by atoms with Crippen LogP contribution in [0.3, 0.4) is 0 Å².